The van der Waals surface area contributed by atoms with E-state index < -0.39 is 5.60 Å². The molecule has 0 spiro atoms. The predicted molar refractivity (Wildman–Crippen MR) is 90.5 cm³/mol. The summed E-state index contributed by atoms with van der Waals surface area (Å²) in [6.07, 6.45) is 14.9. The number of carbonyl (C=O) groups is 1. The van der Waals surface area contributed by atoms with Crippen LogP contribution in [0.15, 0.2) is 0 Å². The molecule has 23 heavy (non-hydrogen) atoms. The molecule has 2 heteroatoms. The number of aliphatic hydroxyl groups is 1. The molecule has 4 rings (SSSR count). The summed E-state index contributed by atoms with van der Waals surface area (Å²) in [5, 5.41) is 11.0. The zero-order chi connectivity index (χ0) is 16.5. The number of terminal acetylenes is 1. The molecule has 0 heterocycles. The van der Waals surface area contributed by atoms with Crippen molar-refractivity contribution in [3.63, 3.8) is 0 Å². The van der Waals surface area contributed by atoms with Crippen LogP contribution >= 0.6 is 0 Å². The highest BCUT2D eigenvalue weighted by Gasteiger charge is 2.64. The van der Waals surface area contributed by atoms with Crippen molar-refractivity contribution < 1.29 is 9.90 Å². The Labute approximate surface area is 140 Å². The summed E-state index contributed by atoms with van der Waals surface area (Å²) in [5.41, 5.74) is -0.658. The van der Waals surface area contributed by atoms with Gasteiger partial charge < -0.3 is 5.11 Å². The maximum Gasteiger partial charge on any atom is 0.133 e. The Kier molecular flexibility index (Phi) is 3.31. The monoisotopic (exact) mass is 314 g/mol. The topological polar surface area (TPSA) is 37.3 Å². The van der Waals surface area contributed by atoms with E-state index in [0.717, 1.165) is 44.4 Å². The Morgan fingerprint density at radius 3 is 2.57 bits per heavy atom. The second kappa shape index (κ2) is 4.85. The minimum atomic E-state index is -0.900. The fraction of sp³-hybridized carbons (Fsp3) is 0.857. The summed E-state index contributed by atoms with van der Waals surface area (Å²) in [4.78, 5) is 11.9. The maximum absolute atomic E-state index is 11.9. The normalized spacial score (nSPS) is 55.5. The van der Waals surface area contributed by atoms with Crippen LogP contribution in [-0.2, 0) is 4.79 Å². The first-order chi connectivity index (χ1) is 10.8. The van der Waals surface area contributed by atoms with E-state index in [2.05, 4.69) is 19.8 Å². The van der Waals surface area contributed by atoms with E-state index in [1.165, 1.54) is 19.3 Å². The van der Waals surface area contributed by atoms with Crippen LogP contribution in [0.3, 0.4) is 0 Å². The molecule has 0 aromatic carbocycles. The molecular formula is C21H30O2. The quantitative estimate of drug-likeness (QED) is 0.687. The summed E-state index contributed by atoms with van der Waals surface area (Å²) in [6.45, 7) is 4.71. The average molecular weight is 314 g/mol. The SMILES string of the molecule is C#C[C@@]1(O)CC[C@@H]2[C@H]3CC[C@@H]4CC(=O)CC[C@]4(C)[C@H]3CC[C@]21C. The van der Waals surface area contributed by atoms with Crippen molar-refractivity contribution in [2.24, 2.45) is 34.5 Å². The largest absolute Gasteiger partial charge is 0.377 e. The molecule has 0 unspecified atom stereocenters. The Morgan fingerprint density at radius 1 is 1.09 bits per heavy atom. The molecule has 0 aliphatic heterocycles. The molecule has 2 nitrogen and oxygen atoms in total. The molecule has 0 amide bonds. The molecule has 126 valence electrons. The van der Waals surface area contributed by atoms with E-state index in [0.29, 0.717) is 29.0 Å². The first-order valence-electron chi connectivity index (χ1n) is 9.56. The van der Waals surface area contributed by atoms with E-state index in [1.807, 2.05) is 0 Å². The van der Waals surface area contributed by atoms with Crippen LogP contribution in [0.2, 0.25) is 0 Å². The third-order valence-corrected chi connectivity index (χ3v) is 8.87. The van der Waals surface area contributed by atoms with Gasteiger partial charge in [0, 0.05) is 18.3 Å². The van der Waals surface area contributed by atoms with Crippen molar-refractivity contribution in [2.45, 2.75) is 77.2 Å². The number of carbonyl (C=O) groups excluding carboxylic acids is 1. The average Bonchev–Trinajstić information content (AvgIpc) is 2.80. The first kappa shape index (κ1) is 15.7. The van der Waals surface area contributed by atoms with E-state index in [-0.39, 0.29) is 5.41 Å². The van der Waals surface area contributed by atoms with Crippen molar-refractivity contribution in [1.29, 1.82) is 0 Å². The molecule has 0 aromatic heterocycles. The molecule has 4 saturated carbocycles. The lowest BCUT2D eigenvalue weighted by molar-refractivity contribution is -0.147. The summed E-state index contributed by atoms with van der Waals surface area (Å²) in [7, 11) is 0. The Balaban J connectivity index is 1.66. The van der Waals surface area contributed by atoms with Crippen LogP contribution < -0.4 is 0 Å². The molecule has 1 N–H and O–H groups in total. The summed E-state index contributed by atoms with van der Waals surface area (Å²) >= 11 is 0. The van der Waals surface area contributed by atoms with Gasteiger partial charge in [-0.15, -0.1) is 6.42 Å². The van der Waals surface area contributed by atoms with Crippen molar-refractivity contribution in [3.8, 4) is 12.3 Å². The van der Waals surface area contributed by atoms with Gasteiger partial charge in [-0.2, -0.15) is 0 Å². The van der Waals surface area contributed by atoms with Crippen LogP contribution in [-0.4, -0.2) is 16.5 Å². The number of fused-ring (bicyclic) bond motifs is 5. The van der Waals surface area contributed by atoms with E-state index >= 15 is 0 Å². The Morgan fingerprint density at radius 2 is 1.83 bits per heavy atom. The van der Waals surface area contributed by atoms with E-state index in [1.54, 1.807) is 0 Å². The van der Waals surface area contributed by atoms with Gasteiger partial charge in [0.1, 0.15) is 11.4 Å². The smallest absolute Gasteiger partial charge is 0.133 e. The molecule has 0 aromatic rings. The Hall–Kier alpha value is -0.810. The van der Waals surface area contributed by atoms with Gasteiger partial charge in [-0.3, -0.25) is 4.79 Å². The Bertz CT molecular complexity index is 575. The zero-order valence-electron chi connectivity index (χ0n) is 14.6. The minimum Gasteiger partial charge on any atom is -0.377 e. The number of rotatable bonds is 0. The maximum atomic E-state index is 11.9. The molecule has 0 bridgehead atoms. The second-order valence-electron chi connectivity index (χ2n) is 9.40. The van der Waals surface area contributed by atoms with Crippen LogP contribution in [0.5, 0.6) is 0 Å². The van der Waals surface area contributed by atoms with Crippen LogP contribution in [0.4, 0.5) is 0 Å². The van der Waals surface area contributed by atoms with Gasteiger partial charge in [0.15, 0.2) is 0 Å². The third kappa shape index (κ3) is 1.89. The van der Waals surface area contributed by atoms with Crippen molar-refractivity contribution in [2.75, 3.05) is 0 Å². The van der Waals surface area contributed by atoms with E-state index in [4.69, 9.17) is 6.42 Å². The molecule has 0 radical (unpaired) electrons. The van der Waals surface area contributed by atoms with Crippen molar-refractivity contribution >= 4 is 5.78 Å². The number of hydrogen-bond donors (Lipinski definition) is 1. The summed E-state index contributed by atoms with van der Waals surface area (Å²) < 4.78 is 0. The number of ketones is 1. The van der Waals surface area contributed by atoms with Gasteiger partial charge in [0.25, 0.3) is 0 Å². The van der Waals surface area contributed by atoms with Gasteiger partial charge >= 0.3 is 0 Å². The van der Waals surface area contributed by atoms with Gasteiger partial charge in [-0.25, -0.2) is 0 Å². The van der Waals surface area contributed by atoms with E-state index in [9.17, 15) is 9.90 Å². The van der Waals surface area contributed by atoms with Gasteiger partial charge in [-0.05, 0) is 74.0 Å². The summed E-state index contributed by atoms with van der Waals surface area (Å²) in [5.74, 6) is 5.83. The van der Waals surface area contributed by atoms with Crippen molar-refractivity contribution in [3.05, 3.63) is 0 Å². The highest BCUT2D eigenvalue weighted by atomic mass is 16.3. The first-order valence-corrected chi connectivity index (χ1v) is 9.56. The molecular weight excluding hydrogens is 284 g/mol. The molecule has 0 saturated heterocycles. The predicted octanol–water partition coefficient (Wildman–Crippen LogP) is 3.96. The highest BCUT2D eigenvalue weighted by molar-refractivity contribution is 5.79. The fourth-order valence-electron chi connectivity index (χ4n) is 7.30. The lowest BCUT2D eigenvalue weighted by Gasteiger charge is -2.60. The third-order valence-electron chi connectivity index (χ3n) is 8.87. The highest BCUT2D eigenvalue weighted by Crippen LogP contribution is 2.67. The second-order valence-corrected chi connectivity index (χ2v) is 9.40. The van der Waals surface area contributed by atoms with Gasteiger partial charge in [0.05, 0.1) is 0 Å². The molecule has 7 atom stereocenters. The van der Waals surface area contributed by atoms with Gasteiger partial charge in [0.2, 0.25) is 0 Å². The lowest BCUT2D eigenvalue weighted by atomic mass is 9.44. The van der Waals surface area contributed by atoms with Crippen LogP contribution in [0.1, 0.15) is 71.6 Å². The van der Waals surface area contributed by atoms with Crippen LogP contribution in [0, 0.1) is 46.8 Å². The number of Topliss-reactive ketones (excluding diaryl/α,β-unsaturated/α-hetero) is 1. The standard InChI is InChI=1S/C21H30O2/c1-4-21(23)12-9-18-16-6-5-14-13-15(22)7-10-19(14,2)17(16)8-11-20(18,21)3/h1,14,16-18,23H,5-13H2,2-3H3/t14-,16+,17+,18-,19+,20-,21-/m1/s1. The van der Waals surface area contributed by atoms with Gasteiger partial charge in [-0.1, -0.05) is 19.8 Å². The number of hydrogen-bond acceptors (Lipinski definition) is 2. The summed E-state index contributed by atoms with van der Waals surface area (Å²) in [6, 6.07) is 0. The van der Waals surface area contributed by atoms with Crippen LogP contribution in [0.25, 0.3) is 0 Å². The molecule has 4 aliphatic carbocycles. The molecule has 4 aliphatic rings. The van der Waals surface area contributed by atoms with Crippen molar-refractivity contribution in [1.82, 2.24) is 0 Å². The zero-order valence-corrected chi connectivity index (χ0v) is 14.6. The molecule has 4 fully saturated rings. The lowest BCUT2D eigenvalue weighted by Crippen LogP contribution is -2.56. The fourth-order valence-corrected chi connectivity index (χ4v) is 7.30. The minimum absolute atomic E-state index is 0.101.